The fraction of sp³-hybridized carbons (Fsp3) is 0.304. The third-order valence-electron chi connectivity index (χ3n) is 5.42. The zero-order chi connectivity index (χ0) is 19.7. The normalized spacial score (nSPS) is 15.4. The highest BCUT2D eigenvalue weighted by atomic mass is 16.5. The maximum absolute atomic E-state index is 12.3. The molecule has 2 aromatic carbocycles. The molecule has 2 N–H and O–H groups in total. The van der Waals surface area contributed by atoms with Crippen molar-refractivity contribution in [2.24, 2.45) is 0 Å². The third kappa shape index (κ3) is 3.65. The number of H-pyrrole nitrogens is 1. The minimum Gasteiger partial charge on any atom is -0.497 e. The van der Waals surface area contributed by atoms with Crippen LogP contribution in [0.5, 0.6) is 5.75 Å². The highest BCUT2D eigenvalue weighted by Crippen LogP contribution is 2.32. The molecule has 5 heteroatoms. The van der Waals surface area contributed by atoms with Crippen LogP contribution in [-0.2, 0) is 17.6 Å². The van der Waals surface area contributed by atoms with Crippen LogP contribution in [0.2, 0.25) is 0 Å². The molecule has 0 bridgehead atoms. The molecule has 0 fully saturated rings. The van der Waals surface area contributed by atoms with Crippen LogP contribution in [0.3, 0.4) is 0 Å². The molecule has 144 valence electrons. The fourth-order valence-corrected chi connectivity index (χ4v) is 3.89. The van der Waals surface area contributed by atoms with E-state index in [0.717, 1.165) is 35.1 Å². The molecule has 1 atom stereocenters. The molecular weight excluding hydrogens is 352 g/mol. The number of benzene rings is 2. The Morgan fingerprint density at radius 1 is 1.11 bits per heavy atom. The van der Waals surface area contributed by atoms with Crippen LogP contribution < -0.4 is 10.1 Å². The second kappa shape index (κ2) is 7.50. The van der Waals surface area contributed by atoms with Crippen LogP contribution in [0.25, 0.3) is 10.9 Å². The molecule has 0 radical (unpaired) electrons. The molecule has 4 rings (SSSR count). The van der Waals surface area contributed by atoms with E-state index in [-0.39, 0.29) is 30.6 Å². The van der Waals surface area contributed by atoms with Crippen LogP contribution in [-0.4, -0.2) is 29.8 Å². The lowest BCUT2D eigenvalue weighted by Gasteiger charge is -2.12. The summed E-state index contributed by atoms with van der Waals surface area (Å²) in [6.07, 6.45) is 2.02. The van der Waals surface area contributed by atoms with E-state index in [1.54, 1.807) is 7.11 Å². The molecule has 1 heterocycles. The van der Waals surface area contributed by atoms with Gasteiger partial charge in [0.1, 0.15) is 5.75 Å². The summed E-state index contributed by atoms with van der Waals surface area (Å²) in [4.78, 5) is 28.0. The number of ketones is 1. The first-order valence-corrected chi connectivity index (χ1v) is 9.60. The molecule has 5 nitrogen and oxygen atoms in total. The number of Topliss-reactive ketones (excluding diaryl/α,β-unsaturated/α-hetero) is 1. The third-order valence-corrected chi connectivity index (χ3v) is 5.42. The molecule has 28 heavy (non-hydrogen) atoms. The quantitative estimate of drug-likeness (QED) is 0.644. The number of carbonyl (C=O) groups excluding carboxylic acids is 2. The topological polar surface area (TPSA) is 71.2 Å². The van der Waals surface area contributed by atoms with E-state index >= 15 is 0 Å². The number of hydrogen-bond acceptors (Lipinski definition) is 3. The largest absolute Gasteiger partial charge is 0.497 e. The second-order valence-electron chi connectivity index (χ2n) is 7.46. The monoisotopic (exact) mass is 376 g/mol. The summed E-state index contributed by atoms with van der Waals surface area (Å²) in [7, 11) is 1.66. The average molecular weight is 376 g/mol. The number of methoxy groups -OCH3 is 1. The Morgan fingerprint density at radius 3 is 2.64 bits per heavy atom. The maximum Gasteiger partial charge on any atom is 0.220 e. The Kier molecular flexibility index (Phi) is 4.90. The summed E-state index contributed by atoms with van der Waals surface area (Å²) < 4.78 is 5.32. The maximum atomic E-state index is 12.3. The number of aromatic nitrogens is 1. The molecule has 1 aromatic heterocycles. The summed E-state index contributed by atoms with van der Waals surface area (Å²) in [5, 5.41) is 4.23. The molecule has 1 amide bonds. The minimum absolute atomic E-state index is 0.00452. The number of carbonyl (C=O) groups is 2. The van der Waals surface area contributed by atoms with Crippen molar-refractivity contribution in [2.75, 3.05) is 7.11 Å². The Morgan fingerprint density at radius 2 is 1.89 bits per heavy atom. The number of fused-ring (bicyclic) bond motifs is 3. The zero-order valence-electron chi connectivity index (χ0n) is 16.2. The highest BCUT2D eigenvalue weighted by molar-refractivity contribution is 5.98. The summed E-state index contributed by atoms with van der Waals surface area (Å²) >= 11 is 0. The molecule has 1 aliphatic rings. The number of aromatic amines is 1. The predicted octanol–water partition coefficient (Wildman–Crippen LogP) is 3.73. The lowest BCUT2D eigenvalue weighted by atomic mass is 10.0. The van der Waals surface area contributed by atoms with Gasteiger partial charge in [-0.15, -0.1) is 0 Å². The van der Waals surface area contributed by atoms with E-state index in [0.29, 0.717) is 5.56 Å². The predicted molar refractivity (Wildman–Crippen MR) is 109 cm³/mol. The Labute approximate surface area is 164 Å². The number of amides is 1. The summed E-state index contributed by atoms with van der Waals surface area (Å²) in [5.41, 5.74) is 5.29. The van der Waals surface area contributed by atoms with E-state index in [1.165, 1.54) is 11.3 Å². The Hall–Kier alpha value is -3.08. The summed E-state index contributed by atoms with van der Waals surface area (Å²) in [6, 6.07) is 13.5. The van der Waals surface area contributed by atoms with Gasteiger partial charge in [-0.2, -0.15) is 0 Å². The van der Waals surface area contributed by atoms with Crippen molar-refractivity contribution in [1.29, 1.82) is 0 Å². The SMILES string of the molecule is COc1ccc2[nH]c3c(c2c1)CC(NC(=O)CCC(=O)c1ccc(C)cc1)C3. The van der Waals surface area contributed by atoms with Crippen molar-refractivity contribution in [1.82, 2.24) is 10.3 Å². The molecule has 0 aliphatic heterocycles. The van der Waals surface area contributed by atoms with Crippen LogP contribution in [0, 0.1) is 6.92 Å². The minimum atomic E-state index is -0.0718. The van der Waals surface area contributed by atoms with Crippen molar-refractivity contribution in [3.8, 4) is 5.75 Å². The molecule has 1 unspecified atom stereocenters. The van der Waals surface area contributed by atoms with Crippen molar-refractivity contribution < 1.29 is 14.3 Å². The first-order valence-electron chi connectivity index (χ1n) is 9.60. The lowest BCUT2D eigenvalue weighted by molar-refractivity contribution is -0.121. The first kappa shape index (κ1) is 18.3. The van der Waals surface area contributed by atoms with E-state index in [4.69, 9.17) is 4.74 Å². The van der Waals surface area contributed by atoms with Gasteiger partial charge in [-0.3, -0.25) is 9.59 Å². The van der Waals surface area contributed by atoms with E-state index in [9.17, 15) is 9.59 Å². The number of hydrogen-bond donors (Lipinski definition) is 2. The van der Waals surface area contributed by atoms with Gasteiger partial charge >= 0.3 is 0 Å². The number of ether oxygens (including phenoxy) is 1. The number of aryl methyl sites for hydroxylation is 1. The Balaban J connectivity index is 1.34. The lowest BCUT2D eigenvalue weighted by Crippen LogP contribution is -2.35. The van der Waals surface area contributed by atoms with Crippen molar-refractivity contribution in [3.05, 3.63) is 64.8 Å². The standard InChI is InChI=1S/C23H24N2O3/c1-14-3-5-15(6-4-14)22(26)9-10-23(27)24-16-11-18-19-13-17(28-2)7-8-20(19)25-21(18)12-16/h3-8,13,16,25H,9-12H2,1-2H3,(H,24,27). The fourth-order valence-electron chi connectivity index (χ4n) is 3.89. The van der Waals surface area contributed by atoms with Crippen LogP contribution >= 0.6 is 0 Å². The average Bonchev–Trinajstić information content (AvgIpc) is 3.23. The van der Waals surface area contributed by atoms with Gasteiger partial charge in [-0.1, -0.05) is 29.8 Å². The van der Waals surface area contributed by atoms with Gasteiger partial charge in [0, 0.05) is 47.5 Å². The zero-order valence-corrected chi connectivity index (χ0v) is 16.2. The molecule has 0 spiro atoms. The van der Waals surface area contributed by atoms with Crippen LogP contribution in [0.4, 0.5) is 0 Å². The van der Waals surface area contributed by atoms with Gasteiger partial charge in [-0.05, 0) is 37.1 Å². The smallest absolute Gasteiger partial charge is 0.220 e. The van der Waals surface area contributed by atoms with Crippen molar-refractivity contribution >= 4 is 22.6 Å². The summed E-state index contributed by atoms with van der Waals surface area (Å²) in [5.74, 6) is 0.763. The highest BCUT2D eigenvalue weighted by Gasteiger charge is 2.26. The van der Waals surface area contributed by atoms with Crippen molar-refractivity contribution in [2.45, 2.75) is 38.6 Å². The molecular formula is C23H24N2O3. The molecule has 3 aromatic rings. The van der Waals surface area contributed by atoms with E-state index in [2.05, 4.69) is 10.3 Å². The first-order chi connectivity index (χ1) is 13.5. The van der Waals surface area contributed by atoms with Crippen molar-refractivity contribution in [3.63, 3.8) is 0 Å². The van der Waals surface area contributed by atoms with Gasteiger partial charge in [0.25, 0.3) is 0 Å². The van der Waals surface area contributed by atoms with E-state index in [1.807, 2.05) is 49.4 Å². The van der Waals surface area contributed by atoms with Gasteiger partial charge in [0.05, 0.1) is 7.11 Å². The Bertz CT molecular complexity index is 1030. The van der Waals surface area contributed by atoms with Gasteiger partial charge < -0.3 is 15.0 Å². The van der Waals surface area contributed by atoms with E-state index < -0.39 is 0 Å². The van der Waals surface area contributed by atoms with Gasteiger partial charge in [-0.25, -0.2) is 0 Å². The molecule has 1 aliphatic carbocycles. The molecule has 0 saturated carbocycles. The molecule has 0 saturated heterocycles. The van der Waals surface area contributed by atoms with Crippen LogP contribution in [0.1, 0.15) is 40.0 Å². The van der Waals surface area contributed by atoms with Crippen LogP contribution in [0.15, 0.2) is 42.5 Å². The number of nitrogens with one attached hydrogen (secondary N) is 2. The van der Waals surface area contributed by atoms with Gasteiger partial charge in [0.15, 0.2) is 5.78 Å². The van der Waals surface area contributed by atoms with Gasteiger partial charge in [0.2, 0.25) is 5.91 Å². The number of rotatable bonds is 6. The second-order valence-corrected chi connectivity index (χ2v) is 7.46. The summed E-state index contributed by atoms with van der Waals surface area (Å²) in [6.45, 7) is 1.98.